The first-order valence-electron chi connectivity index (χ1n) is 5.90. The maximum Gasteiger partial charge on any atom is 0.165 e. The summed E-state index contributed by atoms with van der Waals surface area (Å²) in [5.74, 6) is -0.0923. The van der Waals surface area contributed by atoms with Crippen LogP contribution in [0.15, 0.2) is 0 Å². The minimum atomic E-state index is -3.33. The molecule has 2 rings (SSSR count). The number of ether oxygens (including phenoxy) is 1. The molecule has 2 fully saturated rings. The lowest BCUT2D eigenvalue weighted by molar-refractivity contribution is -0.119. The number of hydrogen-bond donors (Lipinski definition) is 0. The average Bonchev–Trinajstić information content (AvgIpc) is 2.65. The molecule has 0 amide bonds. The molecule has 0 spiro atoms. The lowest BCUT2D eigenvalue weighted by Crippen LogP contribution is -2.41. The Morgan fingerprint density at radius 2 is 2.00 bits per heavy atom. The van der Waals surface area contributed by atoms with Crippen molar-refractivity contribution in [3.8, 4) is 0 Å². The van der Waals surface area contributed by atoms with Crippen LogP contribution in [0.5, 0.6) is 0 Å². The fourth-order valence-electron chi connectivity index (χ4n) is 2.65. The van der Waals surface area contributed by atoms with Crippen LogP contribution in [0.4, 0.5) is 0 Å². The molecule has 0 bridgehead atoms. The number of ketones is 1. The summed E-state index contributed by atoms with van der Waals surface area (Å²) in [5.41, 5.74) is 0. The molecule has 1 aliphatic heterocycles. The Balaban J connectivity index is 2.20. The highest BCUT2D eigenvalue weighted by Gasteiger charge is 2.44. The molecule has 5 heteroatoms. The van der Waals surface area contributed by atoms with Crippen molar-refractivity contribution in [1.82, 2.24) is 0 Å². The number of sulfone groups is 1. The Morgan fingerprint density at radius 3 is 2.56 bits per heavy atom. The maximum atomic E-state index is 12.3. The number of rotatable bonds is 2. The van der Waals surface area contributed by atoms with Crippen molar-refractivity contribution in [2.75, 3.05) is 6.61 Å². The average molecular weight is 246 g/mol. The fourth-order valence-corrected chi connectivity index (χ4v) is 5.09. The molecule has 1 saturated heterocycles. The third-order valence-electron chi connectivity index (χ3n) is 3.62. The van der Waals surface area contributed by atoms with Crippen LogP contribution in [0.3, 0.4) is 0 Å². The molecule has 16 heavy (non-hydrogen) atoms. The van der Waals surface area contributed by atoms with Crippen LogP contribution in [0.25, 0.3) is 0 Å². The summed E-state index contributed by atoms with van der Waals surface area (Å²) in [5, 5.41) is -1.23. The van der Waals surface area contributed by atoms with Crippen LogP contribution >= 0.6 is 0 Å². The molecule has 3 atom stereocenters. The van der Waals surface area contributed by atoms with E-state index in [0.717, 1.165) is 12.8 Å². The molecule has 0 aromatic carbocycles. The highest BCUT2D eigenvalue weighted by atomic mass is 32.2. The van der Waals surface area contributed by atoms with E-state index in [4.69, 9.17) is 4.74 Å². The lowest BCUT2D eigenvalue weighted by Gasteiger charge is -2.25. The maximum absolute atomic E-state index is 12.3. The molecular formula is C11H18O4S. The molecule has 2 aliphatic rings. The van der Waals surface area contributed by atoms with E-state index >= 15 is 0 Å². The van der Waals surface area contributed by atoms with Crippen LogP contribution in [-0.2, 0) is 19.4 Å². The van der Waals surface area contributed by atoms with Gasteiger partial charge in [0.05, 0.1) is 11.4 Å². The lowest BCUT2D eigenvalue weighted by atomic mass is 9.99. The normalized spacial score (nSPS) is 36.6. The molecule has 0 aromatic rings. The van der Waals surface area contributed by atoms with Gasteiger partial charge in [0.15, 0.2) is 15.6 Å². The zero-order valence-electron chi connectivity index (χ0n) is 9.52. The largest absolute Gasteiger partial charge is 0.377 e. The van der Waals surface area contributed by atoms with E-state index in [1.807, 2.05) is 0 Å². The Morgan fingerprint density at radius 1 is 1.25 bits per heavy atom. The minimum absolute atomic E-state index is 0.0923. The summed E-state index contributed by atoms with van der Waals surface area (Å²) in [4.78, 5) is 11.7. The van der Waals surface area contributed by atoms with Gasteiger partial charge in [-0.3, -0.25) is 4.79 Å². The molecule has 0 N–H and O–H groups in total. The summed E-state index contributed by atoms with van der Waals surface area (Å²) < 4.78 is 29.9. The van der Waals surface area contributed by atoms with Crippen LogP contribution in [0, 0.1) is 0 Å². The third kappa shape index (κ3) is 2.02. The fraction of sp³-hybridized carbons (Fsp3) is 0.909. The molecule has 3 unspecified atom stereocenters. The second-order valence-corrected chi connectivity index (χ2v) is 7.05. The predicted molar refractivity (Wildman–Crippen MR) is 60.0 cm³/mol. The minimum Gasteiger partial charge on any atom is -0.377 e. The van der Waals surface area contributed by atoms with Gasteiger partial charge in [0.2, 0.25) is 0 Å². The summed E-state index contributed by atoms with van der Waals surface area (Å²) in [7, 11) is -3.33. The van der Waals surface area contributed by atoms with E-state index in [2.05, 4.69) is 0 Å². The van der Waals surface area contributed by atoms with Crippen molar-refractivity contribution in [2.45, 2.75) is 55.6 Å². The monoisotopic (exact) mass is 246 g/mol. The molecule has 1 aliphatic carbocycles. The number of carbonyl (C=O) groups excluding carboxylic acids is 1. The van der Waals surface area contributed by atoms with Crippen molar-refractivity contribution in [2.24, 2.45) is 0 Å². The number of hydrogen-bond acceptors (Lipinski definition) is 4. The highest BCUT2D eigenvalue weighted by molar-refractivity contribution is 7.93. The first kappa shape index (κ1) is 12.0. The Hall–Kier alpha value is -0.420. The van der Waals surface area contributed by atoms with Crippen LogP contribution in [0.2, 0.25) is 0 Å². The summed E-state index contributed by atoms with van der Waals surface area (Å²) >= 11 is 0. The van der Waals surface area contributed by atoms with Gasteiger partial charge in [-0.25, -0.2) is 8.42 Å². The Bertz CT molecular complexity index is 373. The van der Waals surface area contributed by atoms with Gasteiger partial charge in [-0.2, -0.15) is 0 Å². The van der Waals surface area contributed by atoms with E-state index in [1.54, 1.807) is 6.92 Å². The SMILES string of the molecule is CC1OCCC1S(=O)(=O)C1CCCCC1=O. The van der Waals surface area contributed by atoms with E-state index < -0.39 is 20.3 Å². The first-order valence-corrected chi connectivity index (χ1v) is 7.51. The summed E-state index contributed by atoms with van der Waals surface area (Å²) in [6, 6.07) is 0. The van der Waals surface area contributed by atoms with Crippen molar-refractivity contribution in [3.63, 3.8) is 0 Å². The van der Waals surface area contributed by atoms with Gasteiger partial charge in [0.1, 0.15) is 5.25 Å². The first-order chi connectivity index (χ1) is 7.53. The molecule has 1 heterocycles. The van der Waals surface area contributed by atoms with E-state index in [1.165, 1.54) is 0 Å². The van der Waals surface area contributed by atoms with Crippen molar-refractivity contribution >= 4 is 15.6 Å². The Labute approximate surface area is 96.3 Å². The smallest absolute Gasteiger partial charge is 0.165 e. The van der Waals surface area contributed by atoms with Crippen molar-refractivity contribution < 1.29 is 17.9 Å². The highest BCUT2D eigenvalue weighted by Crippen LogP contribution is 2.29. The van der Waals surface area contributed by atoms with E-state index in [9.17, 15) is 13.2 Å². The van der Waals surface area contributed by atoms with Gasteiger partial charge in [-0.05, 0) is 26.2 Å². The summed E-state index contributed by atoms with van der Waals surface area (Å²) in [6.45, 7) is 2.27. The molecule has 4 nitrogen and oxygen atoms in total. The van der Waals surface area contributed by atoms with Gasteiger partial charge in [-0.15, -0.1) is 0 Å². The number of carbonyl (C=O) groups is 1. The van der Waals surface area contributed by atoms with Gasteiger partial charge in [0, 0.05) is 13.0 Å². The second kappa shape index (κ2) is 4.45. The molecule has 1 saturated carbocycles. The topological polar surface area (TPSA) is 60.4 Å². The molecule has 0 aromatic heterocycles. The molecule has 92 valence electrons. The predicted octanol–water partition coefficient (Wildman–Crippen LogP) is 1.09. The third-order valence-corrected chi connectivity index (χ3v) is 6.38. The van der Waals surface area contributed by atoms with Crippen LogP contribution in [-0.4, -0.2) is 37.4 Å². The van der Waals surface area contributed by atoms with Gasteiger partial charge >= 0.3 is 0 Å². The van der Waals surface area contributed by atoms with E-state index in [-0.39, 0.29) is 11.9 Å². The van der Waals surface area contributed by atoms with Crippen molar-refractivity contribution in [3.05, 3.63) is 0 Å². The number of Topliss-reactive ketones (excluding diaryl/α,β-unsaturated/α-hetero) is 1. The van der Waals surface area contributed by atoms with Gasteiger partial charge in [-0.1, -0.05) is 6.42 Å². The standard InChI is InChI=1S/C11H18O4S/c1-8-10(6-7-15-8)16(13,14)11-5-3-2-4-9(11)12/h8,10-11H,2-7H2,1H3. The molecular weight excluding hydrogens is 228 g/mol. The summed E-state index contributed by atoms with van der Waals surface area (Å²) in [6.07, 6.45) is 2.88. The zero-order chi connectivity index (χ0) is 11.8. The van der Waals surface area contributed by atoms with E-state index in [0.29, 0.717) is 25.9 Å². The van der Waals surface area contributed by atoms with Crippen molar-refractivity contribution in [1.29, 1.82) is 0 Å². The Kier molecular flexibility index (Phi) is 3.35. The second-order valence-electron chi connectivity index (χ2n) is 4.69. The molecule has 0 radical (unpaired) electrons. The zero-order valence-corrected chi connectivity index (χ0v) is 10.3. The van der Waals surface area contributed by atoms with Crippen LogP contribution < -0.4 is 0 Å². The quantitative estimate of drug-likeness (QED) is 0.731. The van der Waals surface area contributed by atoms with Gasteiger partial charge < -0.3 is 4.74 Å². The van der Waals surface area contributed by atoms with Gasteiger partial charge in [0.25, 0.3) is 0 Å². The van der Waals surface area contributed by atoms with Crippen LogP contribution in [0.1, 0.15) is 39.0 Å².